The SMILES string of the molecule is CCNC(=NCCc1nnc2ccccn12)NC(C)c1cccc(-n2cccn2)c1. The highest BCUT2D eigenvalue weighted by Gasteiger charge is 2.10. The van der Waals surface area contributed by atoms with Crippen molar-refractivity contribution in [1.82, 2.24) is 35.0 Å². The molecule has 154 valence electrons. The van der Waals surface area contributed by atoms with Gasteiger partial charge in [0.15, 0.2) is 11.6 Å². The molecule has 0 spiro atoms. The number of guanidine groups is 1. The number of hydrogen-bond acceptors (Lipinski definition) is 4. The smallest absolute Gasteiger partial charge is 0.191 e. The van der Waals surface area contributed by atoms with E-state index in [1.54, 1.807) is 6.20 Å². The molecule has 30 heavy (non-hydrogen) atoms. The topological polar surface area (TPSA) is 84.4 Å². The Balaban J connectivity index is 1.43. The number of hydrogen-bond donors (Lipinski definition) is 2. The summed E-state index contributed by atoms with van der Waals surface area (Å²) in [7, 11) is 0. The Morgan fingerprint density at radius 2 is 2.03 bits per heavy atom. The lowest BCUT2D eigenvalue weighted by Crippen LogP contribution is -2.39. The van der Waals surface area contributed by atoms with E-state index in [9.17, 15) is 0 Å². The molecule has 1 atom stereocenters. The minimum Gasteiger partial charge on any atom is -0.357 e. The van der Waals surface area contributed by atoms with Crippen molar-refractivity contribution in [3.05, 3.63) is 78.5 Å². The van der Waals surface area contributed by atoms with E-state index in [1.165, 1.54) is 0 Å². The molecule has 1 unspecified atom stereocenters. The predicted octanol–water partition coefficient (Wildman–Crippen LogP) is 2.77. The Morgan fingerprint density at radius 3 is 2.87 bits per heavy atom. The lowest BCUT2D eigenvalue weighted by Gasteiger charge is -2.19. The zero-order valence-electron chi connectivity index (χ0n) is 17.2. The van der Waals surface area contributed by atoms with Gasteiger partial charge in [-0.15, -0.1) is 10.2 Å². The van der Waals surface area contributed by atoms with Crippen molar-refractivity contribution in [3.63, 3.8) is 0 Å². The van der Waals surface area contributed by atoms with Crippen molar-refractivity contribution in [1.29, 1.82) is 0 Å². The van der Waals surface area contributed by atoms with Gasteiger partial charge in [-0.2, -0.15) is 5.10 Å². The van der Waals surface area contributed by atoms with E-state index in [0.29, 0.717) is 13.0 Å². The maximum Gasteiger partial charge on any atom is 0.191 e. The quantitative estimate of drug-likeness (QED) is 0.367. The molecule has 8 nitrogen and oxygen atoms in total. The van der Waals surface area contributed by atoms with Gasteiger partial charge in [0.25, 0.3) is 0 Å². The lowest BCUT2D eigenvalue weighted by molar-refractivity contribution is 0.683. The first-order valence-electron chi connectivity index (χ1n) is 10.2. The fourth-order valence-corrected chi connectivity index (χ4v) is 3.30. The third-order valence-corrected chi connectivity index (χ3v) is 4.83. The van der Waals surface area contributed by atoms with Crippen LogP contribution in [0.5, 0.6) is 0 Å². The number of fused-ring (bicyclic) bond motifs is 1. The number of benzene rings is 1. The van der Waals surface area contributed by atoms with Crippen LogP contribution in [-0.4, -0.2) is 43.4 Å². The van der Waals surface area contributed by atoms with E-state index in [1.807, 2.05) is 57.9 Å². The minimum absolute atomic E-state index is 0.0900. The monoisotopic (exact) mass is 402 g/mol. The van der Waals surface area contributed by atoms with Gasteiger partial charge in [0.2, 0.25) is 0 Å². The highest BCUT2D eigenvalue weighted by Crippen LogP contribution is 2.16. The molecule has 1 aromatic carbocycles. The molecule has 0 aliphatic carbocycles. The Kier molecular flexibility index (Phi) is 6.03. The van der Waals surface area contributed by atoms with Gasteiger partial charge in [-0.1, -0.05) is 18.2 Å². The molecule has 3 aromatic heterocycles. The molecular formula is C22H26N8. The third-order valence-electron chi connectivity index (χ3n) is 4.83. The van der Waals surface area contributed by atoms with Gasteiger partial charge < -0.3 is 10.6 Å². The first kappa shape index (κ1) is 19.6. The zero-order valence-corrected chi connectivity index (χ0v) is 17.2. The molecule has 2 N–H and O–H groups in total. The number of nitrogens with one attached hydrogen (secondary N) is 2. The summed E-state index contributed by atoms with van der Waals surface area (Å²) < 4.78 is 3.86. The summed E-state index contributed by atoms with van der Waals surface area (Å²) in [5.41, 5.74) is 3.05. The molecule has 0 radical (unpaired) electrons. The van der Waals surface area contributed by atoms with E-state index < -0.39 is 0 Å². The highest BCUT2D eigenvalue weighted by molar-refractivity contribution is 5.80. The van der Waals surface area contributed by atoms with Crippen LogP contribution in [0.2, 0.25) is 0 Å². The number of nitrogens with zero attached hydrogens (tertiary/aromatic N) is 6. The molecule has 0 saturated heterocycles. The molecule has 4 aromatic rings. The van der Waals surface area contributed by atoms with Crippen LogP contribution in [-0.2, 0) is 6.42 Å². The standard InChI is InChI=1S/C22H26N8/c1-3-23-22(24-13-11-21-28-27-20-10-4-5-14-29(20)21)26-17(2)18-8-6-9-19(16-18)30-15-7-12-25-30/h4-10,12,14-17H,3,11,13H2,1-2H3,(H2,23,24,26). The van der Waals surface area contributed by atoms with Crippen LogP contribution in [0.3, 0.4) is 0 Å². The van der Waals surface area contributed by atoms with Gasteiger partial charge >= 0.3 is 0 Å². The fourth-order valence-electron chi connectivity index (χ4n) is 3.30. The summed E-state index contributed by atoms with van der Waals surface area (Å²) >= 11 is 0. The van der Waals surface area contributed by atoms with E-state index >= 15 is 0 Å². The molecule has 0 aliphatic heterocycles. The Bertz CT molecular complexity index is 1110. The molecule has 0 aliphatic rings. The number of pyridine rings is 1. The normalized spacial score (nSPS) is 12.8. The van der Waals surface area contributed by atoms with Gasteiger partial charge in [-0.05, 0) is 49.7 Å². The molecule has 0 bridgehead atoms. The van der Waals surface area contributed by atoms with Crippen LogP contribution in [0, 0.1) is 0 Å². The second-order valence-electron chi connectivity index (χ2n) is 6.97. The minimum atomic E-state index is 0.0900. The van der Waals surface area contributed by atoms with E-state index in [2.05, 4.69) is 51.9 Å². The molecule has 0 fully saturated rings. The number of aliphatic imine (C=N–C) groups is 1. The average molecular weight is 403 g/mol. The Morgan fingerprint density at radius 1 is 1.10 bits per heavy atom. The van der Waals surface area contributed by atoms with Crippen molar-refractivity contribution in [2.45, 2.75) is 26.3 Å². The van der Waals surface area contributed by atoms with Gasteiger partial charge in [-0.3, -0.25) is 9.39 Å². The van der Waals surface area contributed by atoms with Crippen molar-refractivity contribution in [2.24, 2.45) is 4.99 Å². The van der Waals surface area contributed by atoms with Crippen LogP contribution in [0.1, 0.15) is 31.3 Å². The van der Waals surface area contributed by atoms with Gasteiger partial charge in [0.1, 0.15) is 5.82 Å². The van der Waals surface area contributed by atoms with Gasteiger partial charge in [-0.25, -0.2) is 4.68 Å². The third kappa shape index (κ3) is 4.48. The highest BCUT2D eigenvalue weighted by atomic mass is 15.3. The second kappa shape index (κ2) is 9.21. The molecular weight excluding hydrogens is 376 g/mol. The van der Waals surface area contributed by atoms with Gasteiger partial charge in [0.05, 0.1) is 11.7 Å². The van der Waals surface area contributed by atoms with Crippen LogP contribution < -0.4 is 10.6 Å². The summed E-state index contributed by atoms with van der Waals surface area (Å²) in [5, 5.41) is 19.6. The lowest BCUT2D eigenvalue weighted by atomic mass is 10.1. The summed E-state index contributed by atoms with van der Waals surface area (Å²) in [5.74, 6) is 1.69. The number of rotatable bonds is 7. The first-order valence-corrected chi connectivity index (χ1v) is 10.2. The number of aromatic nitrogens is 5. The second-order valence-corrected chi connectivity index (χ2v) is 6.97. The molecule has 8 heteroatoms. The van der Waals surface area contributed by atoms with Crippen molar-refractivity contribution in [3.8, 4) is 5.69 Å². The van der Waals surface area contributed by atoms with Crippen LogP contribution in [0.15, 0.2) is 72.1 Å². The Hall–Kier alpha value is -3.68. The first-order chi connectivity index (χ1) is 14.7. The summed E-state index contributed by atoms with van der Waals surface area (Å²) in [6, 6.07) is 16.2. The van der Waals surface area contributed by atoms with E-state index in [-0.39, 0.29) is 6.04 Å². The molecule has 0 amide bonds. The molecule has 3 heterocycles. The molecule has 4 rings (SSSR count). The van der Waals surface area contributed by atoms with Crippen LogP contribution >= 0.6 is 0 Å². The predicted molar refractivity (Wildman–Crippen MR) is 118 cm³/mol. The average Bonchev–Trinajstić information content (AvgIpc) is 3.45. The summed E-state index contributed by atoms with van der Waals surface area (Å²) in [4.78, 5) is 4.73. The maximum absolute atomic E-state index is 4.73. The van der Waals surface area contributed by atoms with Crippen LogP contribution in [0.4, 0.5) is 0 Å². The molecule has 0 saturated carbocycles. The van der Waals surface area contributed by atoms with Crippen LogP contribution in [0.25, 0.3) is 11.3 Å². The van der Waals surface area contributed by atoms with E-state index in [0.717, 1.165) is 35.2 Å². The maximum atomic E-state index is 4.73. The summed E-state index contributed by atoms with van der Waals surface area (Å²) in [6.07, 6.45) is 6.41. The van der Waals surface area contributed by atoms with Crippen molar-refractivity contribution >= 4 is 11.6 Å². The zero-order chi connectivity index (χ0) is 20.8. The largest absolute Gasteiger partial charge is 0.357 e. The van der Waals surface area contributed by atoms with Crippen molar-refractivity contribution < 1.29 is 0 Å². The van der Waals surface area contributed by atoms with Crippen molar-refractivity contribution in [2.75, 3.05) is 13.1 Å². The fraction of sp³-hybridized carbons (Fsp3) is 0.273. The summed E-state index contributed by atoms with van der Waals surface area (Å²) in [6.45, 7) is 5.60. The van der Waals surface area contributed by atoms with Gasteiger partial charge in [0, 0.05) is 38.1 Å². The Labute approximate surface area is 175 Å². The van der Waals surface area contributed by atoms with E-state index in [4.69, 9.17) is 4.99 Å².